The summed E-state index contributed by atoms with van der Waals surface area (Å²) in [5.41, 5.74) is 7.72. The van der Waals surface area contributed by atoms with Gasteiger partial charge in [-0.05, 0) is 78.1 Å². The number of benzene rings is 3. The topological polar surface area (TPSA) is 12.4 Å². The van der Waals surface area contributed by atoms with Gasteiger partial charge in [-0.3, -0.25) is 0 Å². The highest BCUT2D eigenvalue weighted by molar-refractivity contribution is 7.78. The normalized spacial score (nSPS) is 9.85. The smallest absolute Gasteiger partial charge is 0.0743 e. The molecule has 0 bridgehead atoms. The molecular formula is C25H21NS. The summed E-state index contributed by atoms with van der Waals surface area (Å²) in [5.74, 6) is 6.48. The molecule has 0 aliphatic carbocycles. The van der Waals surface area contributed by atoms with Crippen molar-refractivity contribution in [2.45, 2.75) is 26.7 Å². The van der Waals surface area contributed by atoms with E-state index in [4.69, 9.17) is 0 Å². The summed E-state index contributed by atoms with van der Waals surface area (Å²) < 4.78 is 0. The van der Waals surface area contributed by atoms with Crippen molar-refractivity contribution in [2.75, 3.05) is 0 Å². The van der Waals surface area contributed by atoms with E-state index in [1.807, 2.05) is 25.1 Å². The standard InChI is InChI=1S/C25H21NS/c1-3-4-20-6-11-23(12-7-20)24-13-8-21(9-14-24)5-10-22-15-16-25(26-18-27)17-19(22)2/h6-9,11-17H,3-4H2,1-2H3. The zero-order chi connectivity index (χ0) is 19.1. The summed E-state index contributed by atoms with van der Waals surface area (Å²) in [6.07, 6.45) is 2.31. The van der Waals surface area contributed by atoms with Crippen molar-refractivity contribution in [2.24, 2.45) is 4.99 Å². The molecule has 0 aliphatic heterocycles. The second-order valence-corrected chi connectivity index (χ2v) is 6.66. The molecule has 0 N–H and O–H groups in total. The molecule has 0 saturated heterocycles. The summed E-state index contributed by atoms with van der Waals surface area (Å²) in [6.45, 7) is 4.23. The monoisotopic (exact) mass is 367 g/mol. The molecule has 0 saturated carbocycles. The van der Waals surface area contributed by atoms with Gasteiger partial charge in [0.15, 0.2) is 0 Å². The lowest BCUT2D eigenvalue weighted by Crippen LogP contribution is -1.84. The molecule has 0 aromatic heterocycles. The van der Waals surface area contributed by atoms with E-state index in [0.717, 1.165) is 28.8 Å². The van der Waals surface area contributed by atoms with Crippen LogP contribution in [0.3, 0.4) is 0 Å². The number of nitrogens with zero attached hydrogens (tertiary/aromatic N) is 1. The van der Waals surface area contributed by atoms with E-state index in [2.05, 4.69) is 89.7 Å². The molecule has 3 aromatic rings. The molecule has 27 heavy (non-hydrogen) atoms. The molecule has 0 fully saturated rings. The van der Waals surface area contributed by atoms with Crippen LogP contribution in [0, 0.1) is 18.8 Å². The first kappa shape index (κ1) is 18.8. The van der Waals surface area contributed by atoms with Gasteiger partial charge in [-0.2, -0.15) is 4.99 Å². The largest absolute Gasteiger partial charge is 0.195 e. The molecule has 0 unspecified atom stereocenters. The van der Waals surface area contributed by atoms with E-state index in [0.29, 0.717) is 0 Å². The van der Waals surface area contributed by atoms with Gasteiger partial charge in [-0.1, -0.05) is 61.6 Å². The molecule has 0 heterocycles. The minimum atomic E-state index is 0.808. The lowest BCUT2D eigenvalue weighted by Gasteiger charge is -2.04. The van der Waals surface area contributed by atoms with Gasteiger partial charge in [0.1, 0.15) is 0 Å². The third kappa shape index (κ3) is 5.02. The van der Waals surface area contributed by atoms with Crippen LogP contribution in [0.25, 0.3) is 11.1 Å². The van der Waals surface area contributed by atoms with Gasteiger partial charge in [0.05, 0.1) is 10.8 Å². The molecule has 3 aromatic carbocycles. The second-order valence-electron chi connectivity index (χ2n) is 6.48. The summed E-state index contributed by atoms with van der Waals surface area (Å²) in [5, 5.41) is 2.39. The number of rotatable bonds is 4. The zero-order valence-corrected chi connectivity index (χ0v) is 16.4. The van der Waals surface area contributed by atoms with Crippen molar-refractivity contribution in [3.63, 3.8) is 0 Å². The van der Waals surface area contributed by atoms with Crippen LogP contribution >= 0.6 is 12.2 Å². The number of thiocarbonyl (C=S) groups is 1. The third-order valence-corrected chi connectivity index (χ3v) is 4.53. The van der Waals surface area contributed by atoms with E-state index in [1.165, 1.54) is 23.1 Å². The third-order valence-electron chi connectivity index (χ3n) is 4.44. The van der Waals surface area contributed by atoms with Crippen molar-refractivity contribution in [3.8, 4) is 23.0 Å². The lowest BCUT2D eigenvalue weighted by molar-refractivity contribution is 0.922. The Bertz CT molecular complexity index is 1030. The first-order valence-corrected chi connectivity index (χ1v) is 9.50. The van der Waals surface area contributed by atoms with Crippen molar-refractivity contribution < 1.29 is 0 Å². The average molecular weight is 368 g/mol. The Balaban J connectivity index is 1.77. The predicted molar refractivity (Wildman–Crippen MR) is 118 cm³/mol. The fourth-order valence-electron chi connectivity index (χ4n) is 2.95. The molecule has 0 atom stereocenters. The minimum Gasteiger partial charge on any atom is -0.195 e. The Kier molecular flexibility index (Phi) is 6.34. The van der Waals surface area contributed by atoms with Gasteiger partial charge in [0.2, 0.25) is 0 Å². The quantitative estimate of drug-likeness (QED) is 0.282. The molecule has 3 rings (SSSR count). The number of aliphatic imine (C=N–C) groups is 1. The van der Waals surface area contributed by atoms with E-state index >= 15 is 0 Å². The Morgan fingerprint density at radius 1 is 0.852 bits per heavy atom. The van der Waals surface area contributed by atoms with E-state index < -0.39 is 0 Å². The Morgan fingerprint density at radius 2 is 1.52 bits per heavy atom. The van der Waals surface area contributed by atoms with E-state index in [1.54, 1.807) is 0 Å². The van der Waals surface area contributed by atoms with Gasteiger partial charge >= 0.3 is 0 Å². The first-order chi connectivity index (χ1) is 13.2. The van der Waals surface area contributed by atoms with E-state index in [-0.39, 0.29) is 0 Å². The summed E-state index contributed by atoms with van der Waals surface area (Å²) in [4.78, 5) is 4.00. The van der Waals surface area contributed by atoms with Crippen LogP contribution in [0.2, 0.25) is 0 Å². The highest BCUT2D eigenvalue weighted by Crippen LogP contribution is 2.21. The summed E-state index contributed by atoms with van der Waals surface area (Å²) >= 11 is 4.64. The lowest BCUT2D eigenvalue weighted by atomic mass is 10.0. The predicted octanol–water partition coefficient (Wildman–Crippen LogP) is 6.75. The average Bonchev–Trinajstić information content (AvgIpc) is 2.69. The van der Waals surface area contributed by atoms with Gasteiger partial charge in [0, 0.05) is 11.1 Å². The Morgan fingerprint density at radius 3 is 2.11 bits per heavy atom. The van der Waals surface area contributed by atoms with Crippen LogP contribution in [-0.2, 0) is 6.42 Å². The minimum absolute atomic E-state index is 0.808. The SMILES string of the molecule is CCCc1ccc(-c2ccc(C#Cc3ccc(N=C=S)cc3C)cc2)cc1. The van der Waals surface area contributed by atoms with Crippen LogP contribution in [0.4, 0.5) is 5.69 Å². The van der Waals surface area contributed by atoms with Gasteiger partial charge < -0.3 is 0 Å². The van der Waals surface area contributed by atoms with Gasteiger partial charge in [-0.15, -0.1) is 0 Å². The van der Waals surface area contributed by atoms with Crippen molar-refractivity contribution >= 4 is 23.1 Å². The number of hydrogen-bond donors (Lipinski definition) is 0. The highest BCUT2D eigenvalue weighted by Gasteiger charge is 1.99. The Hall–Kier alpha value is -2.98. The molecule has 132 valence electrons. The van der Waals surface area contributed by atoms with Gasteiger partial charge in [0.25, 0.3) is 0 Å². The summed E-state index contributed by atoms with van der Waals surface area (Å²) in [7, 11) is 0. The van der Waals surface area contributed by atoms with Crippen LogP contribution < -0.4 is 0 Å². The molecule has 2 heteroatoms. The van der Waals surface area contributed by atoms with E-state index in [9.17, 15) is 0 Å². The first-order valence-electron chi connectivity index (χ1n) is 9.09. The fraction of sp³-hybridized carbons (Fsp3) is 0.160. The van der Waals surface area contributed by atoms with Crippen molar-refractivity contribution in [3.05, 3.63) is 89.0 Å². The maximum Gasteiger partial charge on any atom is 0.0743 e. The van der Waals surface area contributed by atoms with Crippen LogP contribution in [0.15, 0.2) is 71.7 Å². The molecule has 0 radical (unpaired) electrons. The van der Waals surface area contributed by atoms with Gasteiger partial charge in [-0.25, -0.2) is 0 Å². The molecular weight excluding hydrogens is 346 g/mol. The Labute approximate surface area is 166 Å². The molecule has 0 spiro atoms. The van der Waals surface area contributed by atoms with Crippen molar-refractivity contribution in [1.29, 1.82) is 0 Å². The van der Waals surface area contributed by atoms with Crippen LogP contribution in [0.1, 0.15) is 35.6 Å². The maximum absolute atomic E-state index is 4.64. The maximum atomic E-state index is 4.64. The highest BCUT2D eigenvalue weighted by atomic mass is 32.1. The van der Waals surface area contributed by atoms with Crippen molar-refractivity contribution in [1.82, 2.24) is 0 Å². The number of isothiocyanates is 1. The molecule has 0 aliphatic rings. The number of aryl methyl sites for hydroxylation is 2. The second kappa shape index (κ2) is 9.10. The number of hydrogen-bond acceptors (Lipinski definition) is 2. The fourth-order valence-corrected chi connectivity index (χ4v) is 3.05. The molecule has 0 amide bonds. The van der Waals surface area contributed by atoms with Crippen LogP contribution in [0.5, 0.6) is 0 Å². The van der Waals surface area contributed by atoms with Crippen LogP contribution in [-0.4, -0.2) is 5.16 Å². The molecule has 1 nitrogen and oxygen atoms in total. The zero-order valence-electron chi connectivity index (χ0n) is 15.6. The summed E-state index contributed by atoms with van der Waals surface area (Å²) in [6, 6.07) is 23.1.